The van der Waals surface area contributed by atoms with E-state index < -0.39 is 12.2 Å². The van der Waals surface area contributed by atoms with Crippen LogP contribution < -0.4 is 10.1 Å². The molecule has 0 amide bonds. The Balaban J connectivity index is 1.96. The van der Waals surface area contributed by atoms with E-state index >= 15 is 0 Å². The molecule has 0 aliphatic rings. The zero-order valence-corrected chi connectivity index (χ0v) is 11.6. The Hall–Kier alpha value is -2.15. The second kappa shape index (κ2) is 6.09. The van der Waals surface area contributed by atoms with Gasteiger partial charge in [-0.1, -0.05) is 0 Å². The first-order chi connectivity index (χ1) is 9.87. The van der Waals surface area contributed by atoms with E-state index in [2.05, 4.69) is 15.0 Å². The van der Waals surface area contributed by atoms with Crippen molar-refractivity contribution >= 4 is 5.82 Å². The van der Waals surface area contributed by atoms with E-state index in [0.29, 0.717) is 17.3 Å². The SMILES string of the molecule is Cc1ccc([C@@](C)(O)CNc2ccc(OC(F)F)cn2)o1. The van der Waals surface area contributed by atoms with Crippen LogP contribution in [-0.4, -0.2) is 23.2 Å². The van der Waals surface area contributed by atoms with Gasteiger partial charge in [-0.2, -0.15) is 8.78 Å². The van der Waals surface area contributed by atoms with Crippen molar-refractivity contribution in [3.05, 3.63) is 42.0 Å². The molecule has 0 aliphatic heterocycles. The second-order valence-corrected chi connectivity index (χ2v) is 4.80. The Bertz CT molecular complexity index is 582. The number of furan rings is 1. The maximum Gasteiger partial charge on any atom is 0.387 e. The molecule has 2 aromatic heterocycles. The third-order valence-electron chi connectivity index (χ3n) is 2.85. The second-order valence-electron chi connectivity index (χ2n) is 4.80. The van der Waals surface area contributed by atoms with Gasteiger partial charge in [-0.15, -0.1) is 0 Å². The molecule has 2 N–H and O–H groups in total. The van der Waals surface area contributed by atoms with Crippen molar-refractivity contribution in [2.45, 2.75) is 26.1 Å². The van der Waals surface area contributed by atoms with E-state index in [1.807, 2.05) is 0 Å². The third-order valence-corrected chi connectivity index (χ3v) is 2.85. The Morgan fingerprint density at radius 1 is 1.38 bits per heavy atom. The normalized spacial score (nSPS) is 14.0. The molecule has 5 nitrogen and oxygen atoms in total. The molecule has 7 heteroatoms. The highest BCUT2D eigenvalue weighted by molar-refractivity contribution is 5.38. The summed E-state index contributed by atoms with van der Waals surface area (Å²) in [5.41, 5.74) is -1.21. The average molecular weight is 298 g/mol. The van der Waals surface area contributed by atoms with Crippen LogP contribution in [0.25, 0.3) is 0 Å². The summed E-state index contributed by atoms with van der Waals surface area (Å²) in [7, 11) is 0. The predicted octanol–water partition coefficient (Wildman–Crippen LogP) is 2.90. The largest absolute Gasteiger partial charge is 0.463 e. The molecule has 2 heterocycles. The number of hydrogen-bond donors (Lipinski definition) is 2. The number of aryl methyl sites for hydroxylation is 1. The number of pyridine rings is 1. The third kappa shape index (κ3) is 4.16. The topological polar surface area (TPSA) is 67.5 Å². The Morgan fingerprint density at radius 2 is 2.14 bits per heavy atom. The van der Waals surface area contributed by atoms with Gasteiger partial charge in [0.2, 0.25) is 0 Å². The number of halogens is 2. The standard InChI is InChI=1S/C14H16F2N2O3/c1-9-3-5-11(20-9)14(2,19)8-18-12-6-4-10(7-17-12)21-13(15)16/h3-7,13,19H,8H2,1-2H3,(H,17,18)/t14-/m0/s1. The van der Waals surface area contributed by atoms with Crippen molar-refractivity contribution < 1.29 is 23.0 Å². The van der Waals surface area contributed by atoms with Crippen LogP contribution in [-0.2, 0) is 5.60 Å². The fourth-order valence-corrected chi connectivity index (χ4v) is 1.73. The molecule has 2 aromatic rings. The van der Waals surface area contributed by atoms with E-state index in [1.165, 1.54) is 18.3 Å². The van der Waals surface area contributed by atoms with Gasteiger partial charge in [-0.05, 0) is 38.1 Å². The summed E-state index contributed by atoms with van der Waals surface area (Å²) >= 11 is 0. The van der Waals surface area contributed by atoms with E-state index in [0.717, 1.165) is 0 Å². The zero-order valence-electron chi connectivity index (χ0n) is 11.6. The van der Waals surface area contributed by atoms with Crippen molar-refractivity contribution in [1.82, 2.24) is 4.98 Å². The molecular weight excluding hydrogens is 282 g/mol. The highest BCUT2D eigenvalue weighted by Gasteiger charge is 2.26. The summed E-state index contributed by atoms with van der Waals surface area (Å²) in [6, 6.07) is 6.32. The minimum Gasteiger partial charge on any atom is -0.463 e. The van der Waals surface area contributed by atoms with Crippen LogP contribution >= 0.6 is 0 Å². The summed E-state index contributed by atoms with van der Waals surface area (Å²) in [4.78, 5) is 3.92. The summed E-state index contributed by atoms with van der Waals surface area (Å²) in [6.45, 7) is 0.665. The van der Waals surface area contributed by atoms with Gasteiger partial charge in [-0.3, -0.25) is 0 Å². The molecule has 0 aliphatic carbocycles. The van der Waals surface area contributed by atoms with Crippen molar-refractivity contribution in [3.8, 4) is 5.75 Å². The molecule has 2 rings (SSSR count). The monoisotopic (exact) mass is 298 g/mol. The molecule has 0 aromatic carbocycles. The van der Waals surface area contributed by atoms with E-state index in [-0.39, 0.29) is 12.3 Å². The van der Waals surface area contributed by atoms with E-state index in [9.17, 15) is 13.9 Å². The quantitative estimate of drug-likeness (QED) is 0.858. The molecule has 0 unspecified atom stereocenters. The number of ether oxygens (including phenoxy) is 1. The van der Waals surface area contributed by atoms with Crippen LogP contribution in [0.5, 0.6) is 5.75 Å². The number of hydrogen-bond acceptors (Lipinski definition) is 5. The summed E-state index contributed by atoms with van der Waals surface area (Å²) in [6.07, 6.45) is 1.18. The van der Waals surface area contributed by atoms with Crippen molar-refractivity contribution in [2.75, 3.05) is 11.9 Å². The average Bonchev–Trinajstić information content (AvgIpc) is 2.85. The molecule has 0 fully saturated rings. The molecule has 1 atom stereocenters. The number of aliphatic hydroxyl groups is 1. The van der Waals surface area contributed by atoms with Crippen LogP contribution in [0.4, 0.5) is 14.6 Å². The maximum atomic E-state index is 12.0. The fourth-order valence-electron chi connectivity index (χ4n) is 1.73. The van der Waals surface area contributed by atoms with Gasteiger partial charge in [0.05, 0.1) is 12.7 Å². The van der Waals surface area contributed by atoms with Crippen molar-refractivity contribution in [1.29, 1.82) is 0 Å². The maximum absolute atomic E-state index is 12.0. The zero-order chi connectivity index (χ0) is 15.5. The molecular formula is C14H16F2N2O3. The van der Waals surface area contributed by atoms with Crippen LogP contribution in [0.2, 0.25) is 0 Å². The number of rotatable bonds is 6. The van der Waals surface area contributed by atoms with Gasteiger partial charge in [0, 0.05) is 0 Å². The lowest BCUT2D eigenvalue weighted by Gasteiger charge is -2.21. The van der Waals surface area contributed by atoms with Crippen molar-refractivity contribution in [2.24, 2.45) is 0 Å². The predicted molar refractivity (Wildman–Crippen MR) is 72.4 cm³/mol. The molecule has 0 radical (unpaired) electrons. The number of alkyl halides is 2. The molecule has 114 valence electrons. The first-order valence-electron chi connectivity index (χ1n) is 6.31. The molecule has 21 heavy (non-hydrogen) atoms. The number of anilines is 1. The van der Waals surface area contributed by atoms with E-state index in [1.54, 1.807) is 26.0 Å². The number of nitrogens with one attached hydrogen (secondary N) is 1. The van der Waals surface area contributed by atoms with Crippen LogP contribution in [0.1, 0.15) is 18.4 Å². The summed E-state index contributed by atoms with van der Waals surface area (Å²) in [5, 5.41) is 13.2. The molecule has 0 spiro atoms. The molecule has 0 bridgehead atoms. The highest BCUT2D eigenvalue weighted by atomic mass is 19.3. The van der Waals surface area contributed by atoms with E-state index in [4.69, 9.17) is 4.42 Å². The highest BCUT2D eigenvalue weighted by Crippen LogP contribution is 2.23. The molecule has 0 saturated carbocycles. The van der Waals surface area contributed by atoms with Gasteiger partial charge in [0.1, 0.15) is 28.7 Å². The lowest BCUT2D eigenvalue weighted by atomic mass is 10.0. The Kier molecular flexibility index (Phi) is 4.42. The number of aromatic nitrogens is 1. The van der Waals surface area contributed by atoms with Crippen LogP contribution in [0.3, 0.4) is 0 Å². The lowest BCUT2D eigenvalue weighted by Crippen LogP contribution is -2.30. The summed E-state index contributed by atoms with van der Waals surface area (Å²) < 4.78 is 33.6. The summed E-state index contributed by atoms with van der Waals surface area (Å²) in [5.74, 6) is 1.55. The Morgan fingerprint density at radius 3 is 2.67 bits per heavy atom. The fraction of sp³-hybridized carbons (Fsp3) is 0.357. The first kappa shape index (κ1) is 15.2. The van der Waals surface area contributed by atoms with Crippen LogP contribution in [0, 0.1) is 6.92 Å². The number of nitrogens with zero attached hydrogens (tertiary/aromatic N) is 1. The van der Waals surface area contributed by atoms with Gasteiger partial charge < -0.3 is 19.6 Å². The Labute approximate surface area is 120 Å². The van der Waals surface area contributed by atoms with Gasteiger partial charge >= 0.3 is 6.61 Å². The smallest absolute Gasteiger partial charge is 0.387 e. The first-order valence-corrected chi connectivity index (χ1v) is 6.31. The lowest BCUT2D eigenvalue weighted by molar-refractivity contribution is -0.0500. The van der Waals surface area contributed by atoms with Crippen LogP contribution in [0.15, 0.2) is 34.9 Å². The molecule has 0 saturated heterocycles. The van der Waals surface area contributed by atoms with Gasteiger partial charge in [-0.25, -0.2) is 4.98 Å². The minimum atomic E-state index is -2.88. The van der Waals surface area contributed by atoms with Crippen molar-refractivity contribution in [3.63, 3.8) is 0 Å². The van der Waals surface area contributed by atoms with Gasteiger partial charge in [0.25, 0.3) is 0 Å². The van der Waals surface area contributed by atoms with Gasteiger partial charge in [0.15, 0.2) is 0 Å². The minimum absolute atomic E-state index is 0.0241.